The predicted octanol–water partition coefficient (Wildman–Crippen LogP) is 2.65. The van der Waals surface area contributed by atoms with Crippen LogP contribution in [0.4, 0.5) is 5.69 Å². The van der Waals surface area contributed by atoms with Crippen LogP contribution >= 0.6 is 11.6 Å². The zero-order valence-electron chi connectivity index (χ0n) is 15.7. The molecule has 0 saturated heterocycles. The SMILES string of the molecule is CCn1cc(NC(=O)[C@H](C)n2ncc(Cl)c2C)c(C(=O)NCC(C)C)n1. The number of nitrogens with one attached hydrogen (secondary N) is 2. The van der Waals surface area contributed by atoms with E-state index in [9.17, 15) is 9.59 Å². The van der Waals surface area contributed by atoms with Crippen LogP contribution in [0.1, 0.15) is 49.9 Å². The van der Waals surface area contributed by atoms with Crippen molar-refractivity contribution in [2.75, 3.05) is 11.9 Å². The van der Waals surface area contributed by atoms with Gasteiger partial charge in [-0.15, -0.1) is 0 Å². The molecular weight excluding hydrogens is 356 g/mol. The number of hydrogen-bond acceptors (Lipinski definition) is 4. The summed E-state index contributed by atoms with van der Waals surface area (Å²) < 4.78 is 3.15. The van der Waals surface area contributed by atoms with Crippen LogP contribution in [0.25, 0.3) is 0 Å². The number of hydrogen-bond donors (Lipinski definition) is 2. The Bertz CT molecular complexity index is 795. The van der Waals surface area contributed by atoms with Crippen LogP contribution in [-0.2, 0) is 11.3 Å². The summed E-state index contributed by atoms with van der Waals surface area (Å²) in [6, 6.07) is -0.584. The summed E-state index contributed by atoms with van der Waals surface area (Å²) in [6.45, 7) is 10.6. The van der Waals surface area contributed by atoms with Gasteiger partial charge in [0.2, 0.25) is 5.91 Å². The Balaban J connectivity index is 2.19. The minimum Gasteiger partial charge on any atom is -0.350 e. The number of carbonyl (C=O) groups excluding carboxylic acids is 2. The molecule has 0 aliphatic carbocycles. The number of halogens is 1. The largest absolute Gasteiger partial charge is 0.350 e. The van der Waals surface area contributed by atoms with Gasteiger partial charge in [-0.1, -0.05) is 25.4 Å². The van der Waals surface area contributed by atoms with Crippen molar-refractivity contribution < 1.29 is 9.59 Å². The van der Waals surface area contributed by atoms with Gasteiger partial charge in [0.15, 0.2) is 5.69 Å². The standard InChI is InChI=1S/C17H25ClN6O2/c1-6-23-9-14(15(22-23)17(26)19-7-10(2)3)21-16(25)12(5)24-11(4)13(18)8-20-24/h8-10,12H,6-7H2,1-5H3,(H,19,26)(H,21,25)/t12-/m0/s1. The number of rotatable bonds is 7. The molecule has 0 aromatic carbocycles. The third kappa shape index (κ3) is 4.43. The van der Waals surface area contributed by atoms with E-state index in [2.05, 4.69) is 20.8 Å². The van der Waals surface area contributed by atoms with Gasteiger partial charge in [0.1, 0.15) is 6.04 Å². The molecule has 0 unspecified atom stereocenters. The maximum atomic E-state index is 12.6. The molecule has 1 atom stereocenters. The minimum absolute atomic E-state index is 0.197. The van der Waals surface area contributed by atoms with E-state index >= 15 is 0 Å². The summed E-state index contributed by atoms with van der Waals surface area (Å²) in [5.74, 6) is -0.300. The highest BCUT2D eigenvalue weighted by Crippen LogP contribution is 2.20. The number of anilines is 1. The van der Waals surface area contributed by atoms with E-state index in [0.717, 1.165) is 0 Å². The lowest BCUT2D eigenvalue weighted by Crippen LogP contribution is -2.30. The van der Waals surface area contributed by atoms with Gasteiger partial charge in [0, 0.05) is 19.3 Å². The third-order valence-electron chi connectivity index (χ3n) is 3.96. The second-order valence-corrected chi connectivity index (χ2v) is 6.95. The average molecular weight is 381 g/mol. The van der Waals surface area contributed by atoms with Gasteiger partial charge in [-0.2, -0.15) is 10.2 Å². The highest BCUT2D eigenvalue weighted by atomic mass is 35.5. The minimum atomic E-state index is -0.584. The Kier molecular flexibility index (Phi) is 6.42. The van der Waals surface area contributed by atoms with Crippen molar-refractivity contribution in [1.82, 2.24) is 24.9 Å². The molecule has 2 amide bonds. The molecule has 2 aromatic heterocycles. The van der Waals surface area contributed by atoms with Crippen LogP contribution in [0.15, 0.2) is 12.4 Å². The summed E-state index contributed by atoms with van der Waals surface area (Å²) >= 11 is 6.01. The fraction of sp³-hybridized carbons (Fsp3) is 0.529. The first-order valence-electron chi connectivity index (χ1n) is 8.60. The summed E-state index contributed by atoms with van der Waals surface area (Å²) in [4.78, 5) is 25.0. The van der Waals surface area contributed by atoms with E-state index in [1.807, 2.05) is 20.8 Å². The zero-order chi connectivity index (χ0) is 19.4. The van der Waals surface area contributed by atoms with Crippen LogP contribution < -0.4 is 10.6 Å². The molecule has 0 aliphatic heterocycles. The summed E-state index contributed by atoms with van der Waals surface area (Å²) in [5, 5.41) is 14.5. The highest BCUT2D eigenvalue weighted by molar-refractivity contribution is 6.31. The van der Waals surface area contributed by atoms with Gasteiger partial charge >= 0.3 is 0 Å². The smallest absolute Gasteiger partial charge is 0.273 e. The monoisotopic (exact) mass is 380 g/mol. The van der Waals surface area contributed by atoms with E-state index in [1.54, 1.807) is 29.4 Å². The van der Waals surface area contributed by atoms with Crippen LogP contribution in [0.5, 0.6) is 0 Å². The Labute approximate surface area is 157 Å². The number of aryl methyl sites for hydroxylation is 1. The van der Waals surface area contributed by atoms with Crippen molar-refractivity contribution >= 4 is 29.1 Å². The van der Waals surface area contributed by atoms with Gasteiger partial charge in [0.25, 0.3) is 5.91 Å². The first kappa shape index (κ1) is 20.0. The van der Waals surface area contributed by atoms with Crippen LogP contribution in [0, 0.1) is 12.8 Å². The fourth-order valence-electron chi connectivity index (χ4n) is 2.36. The van der Waals surface area contributed by atoms with Gasteiger partial charge in [-0.3, -0.25) is 19.0 Å². The first-order valence-corrected chi connectivity index (χ1v) is 8.98. The van der Waals surface area contributed by atoms with Crippen molar-refractivity contribution in [3.05, 3.63) is 28.8 Å². The molecule has 0 spiro atoms. The average Bonchev–Trinajstić information content (AvgIpc) is 3.16. The topological polar surface area (TPSA) is 93.8 Å². The number of aromatic nitrogens is 4. The first-order chi connectivity index (χ1) is 12.2. The Morgan fingerprint density at radius 3 is 2.54 bits per heavy atom. The molecule has 8 nitrogen and oxygen atoms in total. The molecule has 2 heterocycles. The Morgan fingerprint density at radius 1 is 1.31 bits per heavy atom. The van der Waals surface area contributed by atoms with E-state index in [-0.39, 0.29) is 17.5 Å². The second-order valence-electron chi connectivity index (χ2n) is 6.54. The molecule has 0 aliphatic rings. The molecule has 2 rings (SSSR count). The van der Waals surface area contributed by atoms with E-state index in [0.29, 0.717) is 35.4 Å². The molecule has 0 saturated carbocycles. The maximum Gasteiger partial charge on any atom is 0.273 e. The normalized spacial score (nSPS) is 12.3. The molecule has 0 fully saturated rings. The quantitative estimate of drug-likeness (QED) is 0.772. The predicted molar refractivity (Wildman–Crippen MR) is 100 cm³/mol. The van der Waals surface area contributed by atoms with Crippen molar-refractivity contribution in [1.29, 1.82) is 0 Å². The molecular formula is C17H25ClN6O2. The second kappa shape index (κ2) is 8.35. The molecule has 2 aromatic rings. The maximum absolute atomic E-state index is 12.6. The number of amides is 2. The van der Waals surface area contributed by atoms with Crippen molar-refractivity contribution in [3.63, 3.8) is 0 Å². The lowest BCUT2D eigenvalue weighted by atomic mass is 10.2. The number of nitrogens with zero attached hydrogens (tertiary/aromatic N) is 4. The van der Waals surface area contributed by atoms with Gasteiger partial charge < -0.3 is 10.6 Å². The van der Waals surface area contributed by atoms with Crippen molar-refractivity contribution in [2.24, 2.45) is 5.92 Å². The van der Waals surface area contributed by atoms with Gasteiger partial charge in [-0.05, 0) is 26.7 Å². The summed E-state index contributed by atoms with van der Waals surface area (Å²) in [5.41, 5.74) is 1.28. The van der Waals surface area contributed by atoms with E-state index in [1.165, 1.54) is 6.20 Å². The molecule has 0 bridgehead atoms. The Morgan fingerprint density at radius 2 is 2.00 bits per heavy atom. The lowest BCUT2D eigenvalue weighted by molar-refractivity contribution is -0.119. The van der Waals surface area contributed by atoms with Crippen molar-refractivity contribution in [3.8, 4) is 0 Å². The molecule has 0 radical (unpaired) electrons. The van der Waals surface area contributed by atoms with Gasteiger partial charge in [0.05, 0.1) is 22.6 Å². The van der Waals surface area contributed by atoms with Crippen LogP contribution in [0.3, 0.4) is 0 Å². The van der Waals surface area contributed by atoms with E-state index in [4.69, 9.17) is 11.6 Å². The molecule has 2 N–H and O–H groups in total. The number of carbonyl (C=O) groups is 2. The fourth-order valence-corrected chi connectivity index (χ4v) is 2.49. The molecule has 26 heavy (non-hydrogen) atoms. The highest BCUT2D eigenvalue weighted by Gasteiger charge is 2.23. The molecule has 142 valence electrons. The molecule has 9 heteroatoms. The zero-order valence-corrected chi connectivity index (χ0v) is 16.5. The summed E-state index contributed by atoms with van der Waals surface area (Å²) in [7, 11) is 0. The van der Waals surface area contributed by atoms with Crippen LogP contribution in [-0.4, -0.2) is 37.9 Å². The Hall–Kier alpha value is -2.35. The van der Waals surface area contributed by atoms with E-state index < -0.39 is 6.04 Å². The van der Waals surface area contributed by atoms with Crippen molar-refractivity contribution in [2.45, 2.75) is 47.2 Å². The van der Waals surface area contributed by atoms with Gasteiger partial charge in [-0.25, -0.2) is 0 Å². The van der Waals surface area contributed by atoms with Crippen LogP contribution in [0.2, 0.25) is 5.02 Å². The third-order valence-corrected chi connectivity index (χ3v) is 4.33. The summed E-state index contributed by atoms with van der Waals surface area (Å²) in [6.07, 6.45) is 3.15. The lowest BCUT2D eigenvalue weighted by Gasteiger charge is -2.14.